The summed E-state index contributed by atoms with van der Waals surface area (Å²) in [5.74, 6) is -2.12. The van der Waals surface area contributed by atoms with Crippen molar-refractivity contribution in [1.82, 2.24) is 10.6 Å². The highest BCUT2D eigenvalue weighted by molar-refractivity contribution is 7.21. The van der Waals surface area contributed by atoms with Crippen LogP contribution in [-0.4, -0.2) is 43.0 Å². The van der Waals surface area contributed by atoms with Gasteiger partial charge in [-0.1, -0.05) is 29.8 Å². The fourth-order valence-electron chi connectivity index (χ4n) is 3.04. The molecule has 0 saturated heterocycles. The molecule has 3 rings (SSSR count). The second-order valence-corrected chi connectivity index (χ2v) is 8.26. The molecule has 0 saturated carbocycles. The molecule has 1 aromatic heterocycles. The van der Waals surface area contributed by atoms with Crippen molar-refractivity contribution >= 4 is 56.5 Å². The van der Waals surface area contributed by atoms with Crippen molar-refractivity contribution in [3.63, 3.8) is 0 Å². The summed E-state index contributed by atoms with van der Waals surface area (Å²) < 4.78 is 0.859. The molecular formula is C22H22ClN3O4S. The van der Waals surface area contributed by atoms with Crippen LogP contribution in [0.2, 0.25) is 5.02 Å². The summed E-state index contributed by atoms with van der Waals surface area (Å²) >= 11 is 7.57. The van der Waals surface area contributed by atoms with Crippen LogP contribution < -0.4 is 16.0 Å². The molecule has 7 nitrogen and oxygen atoms in total. The number of benzene rings is 2. The van der Waals surface area contributed by atoms with Gasteiger partial charge in [-0.05, 0) is 50.7 Å². The van der Waals surface area contributed by atoms with E-state index in [2.05, 4.69) is 16.0 Å². The minimum absolute atomic E-state index is 0.0941. The van der Waals surface area contributed by atoms with Gasteiger partial charge in [0.05, 0.1) is 16.3 Å². The van der Waals surface area contributed by atoms with Gasteiger partial charge in [-0.25, -0.2) is 4.79 Å². The fraction of sp³-hybridized carbons (Fsp3) is 0.227. The van der Waals surface area contributed by atoms with Crippen molar-refractivity contribution in [3.05, 3.63) is 63.5 Å². The van der Waals surface area contributed by atoms with Gasteiger partial charge in [-0.15, -0.1) is 11.3 Å². The van der Waals surface area contributed by atoms with Crippen molar-refractivity contribution in [2.75, 3.05) is 25.5 Å². The number of anilines is 1. The standard InChI is InChI=1S/C22H22ClN3O4S/c1-24-10-4-5-11-25-20(27)13-8-9-16(15(12-13)22(29)30)26-21(28)19-18(23)14-6-2-3-7-17(14)31-19/h2-3,6-9,12,24H,4-5,10-11H2,1H3,(H,25,27)(H,26,28)(H,29,30). The maximum Gasteiger partial charge on any atom is 0.337 e. The molecule has 162 valence electrons. The predicted octanol–water partition coefficient (Wildman–Crippen LogP) is 4.23. The van der Waals surface area contributed by atoms with Gasteiger partial charge >= 0.3 is 5.97 Å². The van der Waals surface area contributed by atoms with Gasteiger partial charge in [0, 0.05) is 22.2 Å². The normalized spacial score (nSPS) is 10.8. The number of fused-ring (bicyclic) bond motifs is 1. The molecule has 2 amide bonds. The van der Waals surface area contributed by atoms with Crippen molar-refractivity contribution in [2.24, 2.45) is 0 Å². The molecule has 0 radical (unpaired) electrons. The second kappa shape index (κ2) is 10.4. The molecule has 4 N–H and O–H groups in total. The van der Waals surface area contributed by atoms with E-state index in [1.807, 2.05) is 31.3 Å². The maximum absolute atomic E-state index is 12.8. The highest BCUT2D eigenvalue weighted by Gasteiger charge is 2.20. The number of hydrogen-bond acceptors (Lipinski definition) is 5. The highest BCUT2D eigenvalue weighted by atomic mass is 35.5. The summed E-state index contributed by atoms with van der Waals surface area (Å²) in [5, 5.41) is 19.1. The van der Waals surface area contributed by atoms with E-state index in [1.165, 1.54) is 29.5 Å². The molecule has 0 spiro atoms. The average molecular weight is 460 g/mol. The Hall–Kier alpha value is -2.94. The molecule has 1 heterocycles. The monoisotopic (exact) mass is 459 g/mol. The Bertz CT molecular complexity index is 1130. The number of hydrogen-bond donors (Lipinski definition) is 4. The Morgan fingerprint density at radius 2 is 1.77 bits per heavy atom. The van der Waals surface area contributed by atoms with Crippen LogP contribution in [0.4, 0.5) is 5.69 Å². The number of nitrogens with one attached hydrogen (secondary N) is 3. The summed E-state index contributed by atoms with van der Waals surface area (Å²) in [7, 11) is 1.86. The van der Waals surface area contributed by atoms with Gasteiger partial charge in [0.1, 0.15) is 4.88 Å². The lowest BCUT2D eigenvalue weighted by Gasteiger charge is -2.11. The summed E-state index contributed by atoms with van der Waals surface area (Å²) in [6.45, 7) is 1.35. The fourth-order valence-corrected chi connectivity index (χ4v) is 4.45. The molecule has 0 fully saturated rings. The van der Waals surface area contributed by atoms with Crippen LogP contribution >= 0.6 is 22.9 Å². The third-order valence-electron chi connectivity index (χ3n) is 4.64. The highest BCUT2D eigenvalue weighted by Crippen LogP contribution is 2.35. The zero-order valence-corrected chi connectivity index (χ0v) is 18.4. The molecule has 9 heteroatoms. The molecule has 0 bridgehead atoms. The Morgan fingerprint density at radius 1 is 1.03 bits per heavy atom. The zero-order chi connectivity index (χ0) is 22.4. The van der Waals surface area contributed by atoms with Crippen molar-refractivity contribution < 1.29 is 19.5 Å². The largest absolute Gasteiger partial charge is 0.478 e. The topological polar surface area (TPSA) is 108 Å². The van der Waals surface area contributed by atoms with Gasteiger partial charge in [0.25, 0.3) is 11.8 Å². The first-order chi connectivity index (χ1) is 14.9. The van der Waals surface area contributed by atoms with E-state index in [-0.39, 0.29) is 22.7 Å². The quantitative estimate of drug-likeness (QED) is 0.358. The van der Waals surface area contributed by atoms with Gasteiger partial charge in [0.15, 0.2) is 0 Å². The summed E-state index contributed by atoms with van der Waals surface area (Å²) in [4.78, 5) is 37.1. The molecule has 0 aliphatic heterocycles. The number of rotatable bonds is 9. The lowest BCUT2D eigenvalue weighted by molar-refractivity contribution is 0.0698. The smallest absolute Gasteiger partial charge is 0.337 e. The van der Waals surface area contributed by atoms with Crippen LogP contribution in [0.25, 0.3) is 10.1 Å². The molecule has 0 atom stereocenters. The molecule has 31 heavy (non-hydrogen) atoms. The Labute approximate surface area is 188 Å². The number of unbranched alkanes of at least 4 members (excludes halogenated alkanes) is 1. The number of amides is 2. The number of aromatic carboxylic acids is 1. The van der Waals surface area contributed by atoms with Crippen LogP contribution in [0.15, 0.2) is 42.5 Å². The molecule has 3 aromatic rings. The average Bonchev–Trinajstić information content (AvgIpc) is 3.10. The Balaban J connectivity index is 1.76. The minimum Gasteiger partial charge on any atom is -0.478 e. The van der Waals surface area contributed by atoms with E-state index >= 15 is 0 Å². The summed E-state index contributed by atoms with van der Waals surface area (Å²) in [6.07, 6.45) is 1.73. The van der Waals surface area contributed by atoms with E-state index in [0.717, 1.165) is 29.5 Å². The van der Waals surface area contributed by atoms with E-state index in [9.17, 15) is 19.5 Å². The lowest BCUT2D eigenvalue weighted by atomic mass is 10.1. The van der Waals surface area contributed by atoms with E-state index < -0.39 is 11.9 Å². The summed E-state index contributed by atoms with van der Waals surface area (Å²) in [6, 6.07) is 11.5. The molecule has 2 aromatic carbocycles. The predicted molar refractivity (Wildman–Crippen MR) is 124 cm³/mol. The van der Waals surface area contributed by atoms with Gasteiger partial charge < -0.3 is 21.1 Å². The van der Waals surface area contributed by atoms with Crippen LogP contribution in [0.1, 0.15) is 43.2 Å². The number of thiophene rings is 1. The number of carboxylic acid groups (broad SMARTS) is 1. The van der Waals surface area contributed by atoms with E-state index in [4.69, 9.17) is 11.6 Å². The van der Waals surface area contributed by atoms with Gasteiger partial charge in [-0.3, -0.25) is 9.59 Å². The minimum atomic E-state index is -1.25. The van der Waals surface area contributed by atoms with E-state index in [0.29, 0.717) is 16.4 Å². The van der Waals surface area contributed by atoms with Crippen molar-refractivity contribution in [2.45, 2.75) is 12.8 Å². The summed E-state index contributed by atoms with van der Waals surface area (Å²) in [5.41, 5.74) is 0.133. The van der Waals surface area contributed by atoms with Gasteiger partial charge in [-0.2, -0.15) is 0 Å². The van der Waals surface area contributed by atoms with Gasteiger partial charge in [0.2, 0.25) is 0 Å². The number of carbonyl (C=O) groups excluding carboxylic acids is 2. The van der Waals surface area contributed by atoms with Crippen LogP contribution in [-0.2, 0) is 0 Å². The van der Waals surface area contributed by atoms with Crippen LogP contribution in [0.5, 0.6) is 0 Å². The number of carboxylic acids is 1. The first-order valence-corrected chi connectivity index (χ1v) is 10.9. The molecule has 0 aliphatic rings. The molecular weight excluding hydrogens is 438 g/mol. The first-order valence-electron chi connectivity index (χ1n) is 9.71. The molecule has 0 unspecified atom stereocenters. The Morgan fingerprint density at radius 3 is 2.48 bits per heavy atom. The third kappa shape index (κ3) is 5.41. The molecule has 0 aliphatic carbocycles. The van der Waals surface area contributed by atoms with Crippen molar-refractivity contribution in [3.8, 4) is 0 Å². The Kier molecular flexibility index (Phi) is 7.62. The first kappa shape index (κ1) is 22.7. The van der Waals surface area contributed by atoms with Crippen LogP contribution in [0.3, 0.4) is 0 Å². The number of halogens is 1. The number of carbonyl (C=O) groups is 3. The van der Waals surface area contributed by atoms with Crippen LogP contribution in [0, 0.1) is 0 Å². The zero-order valence-electron chi connectivity index (χ0n) is 16.8. The van der Waals surface area contributed by atoms with E-state index in [1.54, 1.807) is 0 Å². The lowest BCUT2D eigenvalue weighted by Crippen LogP contribution is -2.25. The third-order valence-corrected chi connectivity index (χ3v) is 6.31. The SMILES string of the molecule is CNCCCCNC(=O)c1ccc(NC(=O)c2sc3ccccc3c2Cl)c(C(=O)O)c1. The maximum atomic E-state index is 12.8. The second-order valence-electron chi connectivity index (χ2n) is 6.83. The van der Waals surface area contributed by atoms with Crippen molar-refractivity contribution in [1.29, 1.82) is 0 Å².